The number of methoxy groups -OCH3 is 1. The molecule has 1 unspecified atom stereocenters. The van der Waals surface area contributed by atoms with Crippen LogP contribution in [0, 0.1) is 0 Å². The molecule has 0 radical (unpaired) electrons. The van der Waals surface area contributed by atoms with E-state index in [1.165, 1.54) is 18.4 Å². The molecule has 2 heterocycles. The van der Waals surface area contributed by atoms with Gasteiger partial charge in [0.1, 0.15) is 11.6 Å². The predicted octanol–water partition coefficient (Wildman–Crippen LogP) is 2.41. The van der Waals surface area contributed by atoms with Gasteiger partial charge >= 0.3 is 0 Å². The summed E-state index contributed by atoms with van der Waals surface area (Å²) in [6, 6.07) is 8.50. The fourth-order valence-electron chi connectivity index (χ4n) is 2.70. The van der Waals surface area contributed by atoms with E-state index < -0.39 is 0 Å². The SMILES string of the molecule is COc1ccc(CCc2nc(C3CCCCN3)n[nH]2)cc1. The number of hydrogen-bond donors (Lipinski definition) is 2. The molecule has 1 aromatic heterocycles. The first-order chi connectivity index (χ1) is 10.3. The van der Waals surface area contributed by atoms with E-state index in [1.807, 2.05) is 12.1 Å². The Labute approximate surface area is 125 Å². The molecule has 0 spiro atoms. The van der Waals surface area contributed by atoms with E-state index in [0.717, 1.165) is 43.2 Å². The number of aryl methyl sites for hydroxylation is 2. The van der Waals surface area contributed by atoms with E-state index >= 15 is 0 Å². The molecule has 1 aromatic carbocycles. The third kappa shape index (κ3) is 3.61. The maximum Gasteiger partial charge on any atom is 0.167 e. The average Bonchev–Trinajstić information content (AvgIpc) is 3.03. The highest BCUT2D eigenvalue weighted by Crippen LogP contribution is 2.20. The number of rotatable bonds is 5. The molecular weight excluding hydrogens is 264 g/mol. The Hall–Kier alpha value is -1.88. The molecule has 1 aliphatic rings. The van der Waals surface area contributed by atoms with Crippen LogP contribution in [0.5, 0.6) is 5.75 Å². The number of piperidine rings is 1. The van der Waals surface area contributed by atoms with Crippen molar-refractivity contribution in [1.82, 2.24) is 20.5 Å². The standard InChI is InChI=1S/C16H22N4O/c1-21-13-8-5-12(6-9-13)7-10-15-18-16(20-19-15)14-4-2-3-11-17-14/h5-6,8-9,14,17H,2-4,7,10-11H2,1H3,(H,18,19,20). The summed E-state index contributed by atoms with van der Waals surface area (Å²) in [5, 5.41) is 10.9. The molecular formula is C16H22N4O. The second-order valence-electron chi connectivity index (χ2n) is 5.49. The molecule has 0 bridgehead atoms. The van der Waals surface area contributed by atoms with Gasteiger partial charge in [-0.25, -0.2) is 4.98 Å². The number of benzene rings is 1. The number of hydrogen-bond acceptors (Lipinski definition) is 4. The van der Waals surface area contributed by atoms with Gasteiger partial charge in [-0.05, 0) is 43.5 Å². The Balaban J connectivity index is 1.56. The van der Waals surface area contributed by atoms with E-state index in [9.17, 15) is 0 Å². The molecule has 5 heteroatoms. The molecule has 0 aliphatic carbocycles. The van der Waals surface area contributed by atoms with Crippen LogP contribution in [0.2, 0.25) is 0 Å². The smallest absolute Gasteiger partial charge is 0.167 e. The van der Waals surface area contributed by atoms with Gasteiger partial charge in [0.25, 0.3) is 0 Å². The van der Waals surface area contributed by atoms with Gasteiger partial charge in [0.2, 0.25) is 0 Å². The molecule has 2 N–H and O–H groups in total. The minimum atomic E-state index is 0.324. The van der Waals surface area contributed by atoms with Crippen molar-refractivity contribution in [1.29, 1.82) is 0 Å². The van der Waals surface area contributed by atoms with Gasteiger partial charge in [0.05, 0.1) is 13.2 Å². The van der Waals surface area contributed by atoms with Crippen molar-refractivity contribution in [2.24, 2.45) is 0 Å². The molecule has 0 amide bonds. The Morgan fingerprint density at radius 3 is 2.76 bits per heavy atom. The highest BCUT2D eigenvalue weighted by molar-refractivity contribution is 5.27. The van der Waals surface area contributed by atoms with Crippen molar-refractivity contribution >= 4 is 0 Å². The molecule has 0 saturated carbocycles. The summed E-state index contributed by atoms with van der Waals surface area (Å²) in [7, 11) is 1.68. The molecule has 1 atom stereocenters. The lowest BCUT2D eigenvalue weighted by Crippen LogP contribution is -2.27. The van der Waals surface area contributed by atoms with Gasteiger partial charge in [-0.3, -0.25) is 5.10 Å². The number of nitrogens with one attached hydrogen (secondary N) is 2. The largest absolute Gasteiger partial charge is 0.497 e. The average molecular weight is 286 g/mol. The van der Waals surface area contributed by atoms with Crippen LogP contribution < -0.4 is 10.1 Å². The molecule has 1 aliphatic heterocycles. The van der Waals surface area contributed by atoms with Crippen LogP contribution in [0.1, 0.15) is 42.5 Å². The zero-order valence-electron chi connectivity index (χ0n) is 12.4. The van der Waals surface area contributed by atoms with Crippen LogP contribution in [-0.2, 0) is 12.8 Å². The van der Waals surface area contributed by atoms with Crippen LogP contribution in [0.15, 0.2) is 24.3 Å². The summed E-state index contributed by atoms with van der Waals surface area (Å²) < 4.78 is 5.17. The number of aromatic amines is 1. The summed E-state index contributed by atoms with van der Waals surface area (Å²) in [6.07, 6.45) is 5.48. The maximum atomic E-state index is 5.17. The number of aromatic nitrogens is 3. The summed E-state index contributed by atoms with van der Waals surface area (Å²) in [6.45, 7) is 1.07. The zero-order valence-corrected chi connectivity index (χ0v) is 12.4. The van der Waals surface area contributed by atoms with Crippen molar-refractivity contribution in [3.05, 3.63) is 41.5 Å². The lowest BCUT2D eigenvalue weighted by molar-refractivity contribution is 0.398. The quantitative estimate of drug-likeness (QED) is 0.886. The van der Waals surface area contributed by atoms with Crippen molar-refractivity contribution in [2.45, 2.75) is 38.1 Å². The third-order valence-corrected chi connectivity index (χ3v) is 3.98. The van der Waals surface area contributed by atoms with E-state index in [-0.39, 0.29) is 0 Å². The first-order valence-electron chi connectivity index (χ1n) is 7.62. The van der Waals surface area contributed by atoms with E-state index in [4.69, 9.17) is 4.74 Å². The lowest BCUT2D eigenvalue weighted by atomic mass is 10.0. The molecule has 21 heavy (non-hydrogen) atoms. The summed E-state index contributed by atoms with van der Waals surface area (Å²) >= 11 is 0. The molecule has 5 nitrogen and oxygen atoms in total. The summed E-state index contributed by atoms with van der Waals surface area (Å²) in [4.78, 5) is 4.63. The molecule has 2 aromatic rings. The van der Waals surface area contributed by atoms with E-state index in [0.29, 0.717) is 6.04 Å². The summed E-state index contributed by atoms with van der Waals surface area (Å²) in [5.41, 5.74) is 1.28. The minimum Gasteiger partial charge on any atom is -0.497 e. The number of nitrogens with zero attached hydrogens (tertiary/aromatic N) is 2. The van der Waals surface area contributed by atoms with Gasteiger partial charge in [0, 0.05) is 6.42 Å². The fourth-order valence-corrected chi connectivity index (χ4v) is 2.70. The highest BCUT2D eigenvalue weighted by atomic mass is 16.5. The first-order valence-corrected chi connectivity index (χ1v) is 7.62. The minimum absolute atomic E-state index is 0.324. The van der Waals surface area contributed by atoms with Crippen LogP contribution in [0.3, 0.4) is 0 Å². The van der Waals surface area contributed by atoms with E-state index in [1.54, 1.807) is 7.11 Å². The Kier molecular flexibility index (Phi) is 4.50. The van der Waals surface area contributed by atoms with Crippen molar-refractivity contribution in [3.63, 3.8) is 0 Å². The monoisotopic (exact) mass is 286 g/mol. The lowest BCUT2D eigenvalue weighted by Gasteiger charge is -2.20. The van der Waals surface area contributed by atoms with Gasteiger partial charge in [0.15, 0.2) is 5.82 Å². The summed E-state index contributed by atoms with van der Waals surface area (Å²) in [5.74, 6) is 2.77. The van der Waals surface area contributed by atoms with Crippen LogP contribution in [-0.4, -0.2) is 28.8 Å². The second kappa shape index (κ2) is 6.72. The van der Waals surface area contributed by atoms with Crippen molar-refractivity contribution in [2.75, 3.05) is 13.7 Å². The Morgan fingerprint density at radius 2 is 2.05 bits per heavy atom. The van der Waals surface area contributed by atoms with Gasteiger partial charge in [-0.15, -0.1) is 0 Å². The Bertz CT molecular complexity index is 558. The first kappa shape index (κ1) is 14.1. The highest BCUT2D eigenvalue weighted by Gasteiger charge is 2.18. The van der Waals surface area contributed by atoms with Crippen LogP contribution in [0.4, 0.5) is 0 Å². The van der Waals surface area contributed by atoms with Crippen LogP contribution in [0.25, 0.3) is 0 Å². The number of ether oxygens (including phenoxy) is 1. The third-order valence-electron chi connectivity index (χ3n) is 3.98. The van der Waals surface area contributed by atoms with Gasteiger partial charge in [-0.1, -0.05) is 18.6 Å². The second-order valence-corrected chi connectivity index (χ2v) is 5.49. The van der Waals surface area contributed by atoms with Crippen molar-refractivity contribution in [3.8, 4) is 5.75 Å². The Morgan fingerprint density at radius 1 is 1.19 bits per heavy atom. The molecule has 112 valence electrons. The topological polar surface area (TPSA) is 62.8 Å². The number of H-pyrrole nitrogens is 1. The van der Waals surface area contributed by atoms with Gasteiger partial charge in [-0.2, -0.15) is 5.10 Å². The maximum absolute atomic E-state index is 5.17. The fraction of sp³-hybridized carbons (Fsp3) is 0.500. The van der Waals surface area contributed by atoms with E-state index in [2.05, 4.69) is 32.6 Å². The van der Waals surface area contributed by atoms with Crippen molar-refractivity contribution < 1.29 is 4.74 Å². The molecule has 1 fully saturated rings. The zero-order chi connectivity index (χ0) is 14.5. The van der Waals surface area contributed by atoms with Gasteiger partial charge < -0.3 is 10.1 Å². The predicted molar refractivity (Wildman–Crippen MR) is 81.4 cm³/mol. The molecule has 1 saturated heterocycles. The van der Waals surface area contributed by atoms with Crippen LogP contribution >= 0.6 is 0 Å². The molecule has 3 rings (SSSR count). The normalized spacial score (nSPS) is 18.6.